The Morgan fingerprint density at radius 3 is 2.15 bits per heavy atom. The van der Waals surface area contributed by atoms with Crippen LogP contribution >= 0.6 is 0 Å². The summed E-state index contributed by atoms with van der Waals surface area (Å²) in [4.78, 5) is 14.5. The van der Waals surface area contributed by atoms with E-state index in [1.807, 2.05) is 14.1 Å². The van der Waals surface area contributed by atoms with Gasteiger partial charge in [-0.1, -0.05) is 56.0 Å². The number of carbonyl (C=O) groups is 1. The first-order valence-corrected chi connectivity index (χ1v) is 7.72. The van der Waals surface area contributed by atoms with Gasteiger partial charge in [-0.3, -0.25) is 4.79 Å². The quantitative estimate of drug-likeness (QED) is 0.810. The zero-order chi connectivity index (χ0) is 14.8. The molecule has 1 atom stereocenters. The van der Waals surface area contributed by atoms with Crippen LogP contribution in [0.2, 0.25) is 0 Å². The molecule has 1 amide bonds. The number of hydrogen-bond donors (Lipinski definition) is 0. The Hall–Kier alpha value is -1.31. The van der Waals surface area contributed by atoms with E-state index in [1.54, 1.807) is 4.90 Å². The number of rotatable bonds is 3. The summed E-state index contributed by atoms with van der Waals surface area (Å²) < 4.78 is 0. The van der Waals surface area contributed by atoms with Crippen LogP contribution in [-0.2, 0) is 4.79 Å². The Balaban J connectivity index is 2.38. The second kappa shape index (κ2) is 5.99. The van der Waals surface area contributed by atoms with Crippen molar-refractivity contribution in [1.82, 2.24) is 4.90 Å². The molecule has 1 unspecified atom stereocenters. The van der Waals surface area contributed by atoms with Gasteiger partial charge in [0.05, 0.1) is 5.92 Å². The number of aryl methyl sites for hydroxylation is 1. The predicted octanol–water partition coefficient (Wildman–Crippen LogP) is 4.14. The van der Waals surface area contributed by atoms with Crippen molar-refractivity contribution in [2.75, 3.05) is 14.1 Å². The fraction of sp³-hybridized carbons (Fsp3) is 0.611. The van der Waals surface area contributed by atoms with E-state index in [-0.39, 0.29) is 17.2 Å². The molecule has 1 aliphatic carbocycles. The summed E-state index contributed by atoms with van der Waals surface area (Å²) in [6.45, 7) is 4.40. The Bertz CT molecular complexity index is 455. The van der Waals surface area contributed by atoms with Crippen molar-refractivity contribution < 1.29 is 4.79 Å². The Kier molecular flexibility index (Phi) is 4.52. The first-order valence-electron chi connectivity index (χ1n) is 7.72. The van der Waals surface area contributed by atoms with Crippen LogP contribution in [0.5, 0.6) is 0 Å². The lowest BCUT2D eigenvalue weighted by Gasteiger charge is -2.41. The largest absolute Gasteiger partial charge is 0.348 e. The van der Waals surface area contributed by atoms with Gasteiger partial charge < -0.3 is 4.90 Å². The molecule has 0 aliphatic heterocycles. The molecule has 1 fully saturated rings. The van der Waals surface area contributed by atoms with E-state index in [2.05, 4.69) is 38.1 Å². The van der Waals surface area contributed by atoms with Crippen molar-refractivity contribution >= 4 is 5.91 Å². The molecule has 110 valence electrons. The van der Waals surface area contributed by atoms with E-state index in [0.717, 1.165) is 12.8 Å². The maximum Gasteiger partial charge on any atom is 0.230 e. The number of hydrogen-bond acceptors (Lipinski definition) is 1. The smallest absolute Gasteiger partial charge is 0.230 e. The minimum absolute atomic E-state index is 0.00148. The molecule has 2 heteroatoms. The standard InChI is InChI=1S/C18H27NO/c1-14-8-10-15(11-9-14)16(17(20)19(3)4)18(2)12-6-5-7-13-18/h8-11,16H,5-7,12-13H2,1-4H3. The third kappa shape index (κ3) is 3.05. The molecule has 0 radical (unpaired) electrons. The van der Waals surface area contributed by atoms with E-state index in [4.69, 9.17) is 0 Å². The van der Waals surface area contributed by atoms with E-state index in [0.29, 0.717) is 0 Å². The molecule has 0 saturated heterocycles. The zero-order valence-electron chi connectivity index (χ0n) is 13.3. The van der Waals surface area contributed by atoms with Crippen molar-refractivity contribution in [3.05, 3.63) is 35.4 Å². The minimum Gasteiger partial charge on any atom is -0.348 e. The minimum atomic E-state index is -0.00148. The Labute approximate surface area is 123 Å². The Morgan fingerprint density at radius 1 is 1.10 bits per heavy atom. The summed E-state index contributed by atoms with van der Waals surface area (Å²) in [5.41, 5.74) is 2.53. The summed E-state index contributed by atoms with van der Waals surface area (Å²) >= 11 is 0. The molecule has 1 saturated carbocycles. The Morgan fingerprint density at radius 2 is 1.65 bits per heavy atom. The van der Waals surface area contributed by atoms with E-state index < -0.39 is 0 Å². The second-order valence-corrected chi connectivity index (χ2v) is 6.79. The highest BCUT2D eigenvalue weighted by Crippen LogP contribution is 2.47. The molecule has 1 aromatic rings. The lowest BCUT2D eigenvalue weighted by molar-refractivity contribution is -0.134. The molecule has 1 aromatic carbocycles. The first-order chi connectivity index (χ1) is 9.44. The number of likely N-dealkylation sites (N-methyl/N-ethyl adjacent to an activating group) is 1. The van der Waals surface area contributed by atoms with Crippen molar-refractivity contribution in [2.45, 2.75) is 51.9 Å². The lowest BCUT2D eigenvalue weighted by Crippen LogP contribution is -2.39. The molecule has 1 aliphatic rings. The van der Waals surface area contributed by atoms with Crippen LogP contribution in [0.4, 0.5) is 0 Å². The van der Waals surface area contributed by atoms with Gasteiger partial charge in [0, 0.05) is 14.1 Å². The van der Waals surface area contributed by atoms with Gasteiger partial charge in [-0.25, -0.2) is 0 Å². The highest BCUT2D eigenvalue weighted by atomic mass is 16.2. The zero-order valence-corrected chi connectivity index (χ0v) is 13.3. The number of nitrogens with zero attached hydrogens (tertiary/aromatic N) is 1. The van der Waals surface area contributed by atoms with E-state index in [9.17, 15) is 4.79 Å². The van der Waals surface area contributed by atoms with Crippen molar-refractivity contribution in [2.24, 2.45) is 5.41 Å². The monoisotopic (exact) mass is 273 g/mol. The van der Waals surface area contributed by atoms with Gasteiger partial charge in [-0.05, 0) is 30.7 Å². The number of benzene rings is 1. The SMILES string of the molecule is Cc1ccc(C(C(=O)N(C)C)C2(C)CCCCC2)cc1. The summed E-state index contributed by atoms with van der Waals surface area (Å²) in [7, 11) is 3.74. The highest BCUT2D eigenvalue weighted by molar-refractivity contribution is 5.84. The average Bonchev–Trinajstić information content (AvgIpc) is 2.41. The van der Waals surface area contributed by atoms with Crippen LogP contribution in [0.15, 0.2) is 24.3 Å². The van der Waals surface area contributed by atoms with Gasteiger partial charge >= 0.3 is 0 Å². The molecule has 0 spiro atoms. The van der Waals surface area contributed by atoms with Crippen molar-refractivity contribution in [3.63, 3.8) is 0 Å². The van der Waals surface area contributed by atoms with E-state index >= 15 is 0 Å². The van der Waals surface area contributed by atoms with Crippen LogP contribution < -0.4 is 0 Å². The molecular weight excluding hydrogens is 246 g/mol. The molecule has 0 heterocycles. The fourth-order valence-electron chi connectivity index (χ4n) is 3.51. The van der Waals surface area contributed by atoms with Crippen LogP contribution in [0.1, 0.15) is 56.1 Å². The summed E-state index contributed by atoms with van der Waals surface area (Å²) in [5.74, 6) is 0.247. The van der Waals surface area contributed by atoms with Crippen LogP contribution in [-0.4, -0.2) is 24.9 Å². The lowest BCUT2D eigenvalue weighted by atomic mass is 9.64. The van der Waals surface area contributed by atoms with Crippen LogP contribution in [0, 0.1) is 12.3 Å². The predicted molar refractivity (Wildman–Crippen MR) is 83.8 cm³/mol. The van der Waals surface area contributed by atoms with Gasteiger partial charge in [0.2, 0.25) is 5.91 Å². The molecule has 0 bridgehead atoms. The van der Waals surface area contributed by atoms with Crippen molar-refractivity contribution in [1.29, 1.82) is 0 Å². The maximum absolute atomic E-state index is 12.8. The number of amides is 1. The topological polar surface area (TPSA) is 20.3 Å². The summed E-state index contributed by atoms with van der Waals surface area (Å²) in [5, 5.41) is 0. The first kappa shape index (κ1) is 15.1. The highest BCUT2D eigenvalue weighted by Gasteiger charge is 2.41. The van der Waals surface area contributed by atoms with Crippen molar-refractivity contribution in [3.8, 4) is 0 Å². The molecular formula is C18H27NO. The van der Waals surface area contributed by atoms with Gasteiger partial charge in [-0.2, -0.15) is 0 Å². The maximum atomic E-state index is 12.8. The summed E-state index contributed by atoms with van der Waals surface area (Å²) in [6.07, 6.45) is 6.13. The molecule has 20 heavy (non-hydrogen) atoms. The van der Waals surface area contributed by atoms with Gasteiger partial charge in [0.15, 0.2) is 0 Å². The third-order valence-corrected chi connectivity index (χ3v) is 4.79. The second-order valence-electron chi connectivity index (χ2n) is 6.79. The molecule has 2 nitrogen and oxygen atoms in total. The average molecular weight is 273 g/mol. The molecule has 0 N–H and O–H groups in total. The number of carbonyl (C=O) groups excluding carboxylic acids is 1. The fourth-order valence-corrected chi connectivity index (χ4v) is 3.51. The van der Waals surface area contributed by atoms with Gasteiger partial charge in [-0.15, -0.1) is 0 Å². The van der Waals surface area contributed by atoms with Crippen LogP contribution in [0.3, 0.4) is 0 Å². The van der Waals surface area contributed by atoms with Crippen LogP contribution in [0.25, 0.3) is 0 Å². The third-order valence-electron chi connectivity index (χ3n) is 4.79. The van der Waals surface area contributed by atoms with Gasteiger partial charge in [0.25, 0.3) is 0 Å². The molecule has 2 rings (SSSR count). The molecule has 0 aromatic heterocycles. The van der Waals surface area contributed by atoms with E-state index in [1.165, 1.54) is 30.4 Å². The van der Waals surface area contributed by atoms with Gasteiger partial charge in [0.1, 0.15) is 0 Å². The summed E-state index contributed by atoms with van der Waals surface area (Å²) in [6, 6.07) is 8.53. The normalized spacial score (nSPS) is 19.4.